The minimum atomic E-state index is 0.961. The van der Waals surface area contributed by atoms with E-state index in [9.17, 15) is 0 Å². The highest BCUT2D eigenvalue weighted by Gasteiger charge is 2.20. The average Bonchev–Trinajstić information content (AvgIpc) is 2.96. The van der Waals surface area contributed by atoms with Crippen LogP contribution in [0.3, 0.4) is 0 Å². The summed E-state index contributed by atoms with van der Waals surface area (Å²) in [4.78, 5) is 0. The van der Waals surface area contributed by atoms with Gasteiger partial charge >= 0.3 is 0 Å². The van der Waals surface area contributed by atoms with Gasteiger partial charge < -0.3 is 5.32 Å². The zero-order chi connectivity index (χ0) is 9.97. The van der Waals surface area contributed by atoms with Gasteiger partial charge in [0, 0.05) is 11.0 Å². The van der Waals surface area contributed by atoms with Crippen molar-refractivity contribution in [1.82, 2.24) is 5.32 Å². The van der Waals surface area contributed by atoms with Gasteiger partial charge in [-0.3, -0.25) is 0 Å². The maximum Gasteiger partial charge on any atom is 0.0208 e. The SMILES string of the molecule is Cc1c(Br)cccc1CNCC1CC1. The Labute approximate surface area is 94.0 Å². The predicted molar refractivity (Wildman–Crippen MR) is 63.3 cm³/mol. The van der Waals surface area contributed by atoms with E-state index < -0.39 is 0 Å². The van der Waals surface area contributed by atoms with Gasteiger partial charge in [-0.15, -0.1) is 0 Å². The van der Waals surface area contributed by atoms with Gasteiger partial charge in [0.2, 0.25) is 0 Å². The molecule has 1 nitrogen and oxygen atoms in total. The van der Waals surface area contributed by atoms with E-state index in [4.69, 9.17) is 0 Å². The first-order chi connectivity index (χ1) is 6.77. The number of rotatable bonds is 4. The topological polar surface area (TPSA) is 12.0 Å². The van der Waals surface area contributed by atoms with Crippen molar-refractivity contribution in [2.24, 2.45) is 5.92 Å². The third-order valence-electron chi connectivity index (χ3n) is 2.83. The van der Waals surface area contributed by atoms with E-state index in [1.807, 2.05) is 0 Å². The molecule has 1 aliphatic rings. The summed E-state index contributed by atoms with van der Waals surface area (Å²) in [5.74, 6) is 0.961. The summed E-state index contributed by atoms with van der Waals surface area (Å²) < 4.78 is 1.21. The zero-order valence-electron chi connectivity index (χ0n) is 8.52. The molecule has 1 aromatic rings. The highest BCUT2D eigenvalue weighted by atomic mass is 79.9. The van der Waals surface area contributed by atoms with Crippen LogP contribution >= 0.6 is 15.9 Å². The van der Waals surface area contributed by atoms with Crippen LogP contribution in [0.15, 0.2) is 22.7 Å². The smallest absolute Gasteiger partial charge is 0.0208 e. The predicted octanol–water partition coefficient (Wildman–Crippen LogP) is 3.26. The van der Waals surface area contributed by atoms with Gasteiger partial charge in [0.15, 0.2) is 0 Å². The summed E-state index contributed by atoms with van der Waals surface area (Å²) in [6.07, 6.45) is 2.84. The van der Waals surface area contributed by atoms with Crippen LogP contribution in [0.2, 0.25) is 0 Å². The van der Waals surface area contributed by atoms with E-state index in [-0.39, 0.29) is 0 Å². The van der Waals surface area contributed by atoms with Gasteiger partial charge in [-0.25, -0.2) is 0 Å². The summed E-state index contributed by atoms with van der Waals surface area (Å²) in [5.41, 5.74) is 2.76. The second kappa shape index (κ2) is 4.45. The monoisotopic (exact) mass is 253 g/mol. The molecular weight excluding hydrogens is 238 g/mol. The van der Waals surface area contributed by atoms with E-state index in [0.29, 0.717) is 0 Å². The van der Waals surface area contributed by atoms with E-state index >= 15 is 0 Å². The quantitative estimate of drug-likeness (QED) is 0.869. The molecule has 14 heavy (non-hydrogen) atoms. The molecule has 1 N–H and O–H groups in total. The maximum absolute atomic E-state index is 3.55. The first kappa shape index (κ1) is 10.2. The molecule has 0 bridgehead atoms. The summed E-state index contributed by atoms with van der Waals surface area (Å²) in [6.45, 7) is 4.35. The molecule has 0 heterocycles. The largest absolute Gasteiger partial charge is 0.312 e. The minimum Gasteiger partial charge on any atom is -0.312 e. The van der Waals surface area contributed by atoms with Crippen LogP contribution in [0.5, 0.6) is 0 Å². The highest BCUT2D eigenvalue weighted by Crippen LogP contribution is 2.27. The molecule has 0 saturated heterocycles. The Morgan fingerprint density at radius 2 is 2.21 bits per heavy atom. The molecule has 0 unspecified atom stereocenters. The Hall–Kier alpha value is -0.340. The van der Waals surface area contributed by atoms with Crippen molar-refractivity contribution >= 4 is 15.9 Å². The highest BCUT2D eigenvalue weighted by molar-refractivity contribution is 9.10. The van der Waals surface area contributed by atoms with Gasteiger partial charge in [-0.2, -0.15) is 0 Å². The van der Waals surface area contributed by atoms with Crippen LogP contribution in [-0.2, 0) is 6.54 Å². The normalized spacial score (nSPS) is 15.9. The van der Waals surface area contributed by atoms with Gasteiger partial charge in [-0.1, -0.05) is 28.1 Å². The van der Waals surface area contributed by atoms with Crippen LogP contribution in [0.1, 0.15) is 24.0 Å². The van der Waals surface area contributed by atoms with Crippen LogP contribution in [-0.4, -0.2) is 6.54 Å². The molecule has 2 heteroatoms. The van der Waals surface area contributed by atoms with Crippen LogP contribution in [0, 0.1) is 12.8 Å². The molecule has 1 aromatic carbocycles. The van der Waals surface area contributed by atoms with Crippen molar-refractivity contribution in [1.29, 1.82) is 0 Å². The Morgan fingerprint density at radius 1 is 1.43 bits per heavy atom. The average molecular weight is 254 g/mol. The number of halogens is 1. The van der Waals surface area contributed by atoms with Gasteiger partial charge in [0.25, 0.3) is 0 Å². The maximum atomic E-state index is 3.55. The molecule has 0 aromatic heterocycles. The fraction of sp³-hybridized carbons (Fsp3) is 0.500. The van der Waals surface area contributed by atoms with E-state index in [1.165, 1.54) is 35.0 Å². The number of hydrogen-bond acceptors (Lipinski definition) is 1. The summed E-state index contributed by atoms with van der Waals surface area (Å²) in [5, 5.41) is 3.51. The van der Waals surface area contributed by atoms with Crippen molar-refractivity contribution in [2.75, 3.05) is 6.54 Å². The lowest BCUT2D eigenvalue weighted by Crippen LogP contribution is -2.16. The zero-order valence-corrected chi connectivity index (χ0v) is 10.1. The van der Waals surface area contributed by atoms with Crippen molar-refractivity contribution in [3.63, 3.8) is 0 Å². The number of benzene rings is 1. The second-order valence-corrected chi connectivity index (χ2v) is 4.95. The first-order valence-corrected chi connectivity index (χ1v) is 6.01. The van der Waals surface area contributed by atoms with E-state index in [0.717, 1.165) is 12.5 Å². The van der Waals surface area contributed by atoms with Crippen LogP contribution in [0.4, 0.5) is 0 Å². The van der Waals surface area contributed by atoms with E-state index in [2.05, 4.69) is 46.4 Å². The fourth-order valence-electron chi connectivity index (χ4n) is 1.58. The van der Waals surface area contributed by atoms with Crippen molar-refractivity contribution in [2.45, 2.75) is 26.3 Å². The summed E-state index contributed by atoms with van der Waals surface area (Å²) >= 11 is 3.55. The Morgan fingerprint density at radius 3 is 2.93 bits per heavy atom. The molecule has 2 rings (SSSR count). The van der Waals surface area contributed by atoms with Crippen LogP contribution < -0.4 is 5.32 Å². The molecule has 1 fully saturated rings. The molecule has 0 amide bonds. The molecule has 0 aliphatic heterocycles. The van der Waals surface area contributed by atoms with Gasteiger partial charge in [0.1, 0.15) is 0 Å². The molecule has 0 spiro atoms. The molecule has 1 aliphatic carbocycles. The first-order valence-electron chi connectivity index (χ1n) is 5.22. The Bertz CT molecular complexity index is 318. The molecule has 76 valence electrons. The summed E-state index contributed by atoms with van der Waals surface area (Å²) in [6, 6.07) is 6.39. The molecule has 0 atom stereocenters. The second-order valence-electron chi connectivity index (χ2n) is 4.10. The van der Waals surface area contributed by atoms with Crippen molar-refractivity contribution in [3.8, 4) is 0 Å². The third-order valence-corrected chi connectivity index (χ3v) is 3.68. The Balaban J connectivity index is 1.90. The minimum absolute atomic E-state index is 0.961. The fourth-order valence-corrected chi connectivity index (χ4v) is 1.98. The third kappa shape index (κ3) is 2.58. The molecule has 0 radical (unpaired) electrons. The lowest BCUT2D eigenvalue weighted by Gasteiger charge is -2.08. The standard InChI is InChI=1S/C12H16BrN/c1-9-11(3-2-4-12(9)13)8-14-7-10-5-6-10/h2-4,10,14H,5-8H2,1H3. The molecule has 1 saturated carbocycles. The number of hydrogen-bond donors (Lipinski definition) is 1. The van der Waals surface area contributed by atoms with Crippen molar-refractivity contribution < 1.29 is 0 Å². The van der Waals surface area contributed by atoms with Gasteiger partial charge in [0.05, 0.1) is 0 Å². The van der Waals surface area contributed by atoms with Crippen LogP contribution in [0.25, 0.3) is 0 Å². The van der Waals surface area contributed by atoms with Gasteiger partial charge in [-0.05, 0) is 49.4 Å². The lowest BCUT2D eigenvalue weighted by molar-refractivity contribution is 0.637. The number of nitrogens with one attached hydrogen (secondary N) is 1. The van der Waals surface area contributed by atoms with Crippen molar-refractivity contribution in [3.05, 3.63) is 33.8 Å². The summed E-state index contributed by atoms with van der Waals surface area (Å²) in [7, 11) is 0. The lowest BCUT2D eigenvalue weighted by atomic mass is 10.1. The molecular formula is C12H16BrN. The van der Waals surface area contributed by atoms with E-state index in [1.54, 1.807) is 0 Å². The Kier molecular flexibility index (Phi) is 3.24.